The van der Waals surface area contributed by atoms with E-state index in [1.807, 2.05) is 32.0 Å². The van der Waals surface area contributed by atoms with Gasteiger partial charge in [-0.1, -0.05) is 35.9 Å². The molecule has 0 saturated carbocycles. The number of hydrogen-bond donors (Lipinski definition) is 2. The fraction of sp³-hybridized carbons (Fsp3) is 0.174. The van der Waals surface area contributed by atoms with Crippen LogP contribution < -0.4 is 10.0 Å². The third-order valence-electron chi connectivity index (χ3n) is 4.25. The molecular weight excluding hydrogens is 436 g/mol. The summed E-state index contributed by atoms with van der Waals surface area (Å²) in [5.41, 5.74) is 2.08. The van der Waals surface area contributed by atoms with E-state index in [2.05, 4.69) is 10.0 Å². The monoisotopic (exact) mass is 458 g/mol. The third-order valence-corrected chi connectivity index (χ3v) is 5.87. The molecule has 1 amide bonds. The molecule has 0 fully saturated rings. The molecule has 0 saturated heterocycles. The quantitative estimate of drug-likeness (QED) is 0.478. The standard InChI is InChI=1S/C23H23ClN2O4S/c1-16(2)30-15-17-6-3-9-20(12-17)25-23(27)18-7-4-11-22(13-18)31(28,29)26-21-10-5-8-19(24)14-21/h3-14,16,26H,15H2,1-2H3,(H,25,27). The van der Waals surface area contributed by atoms with Crippen LogP contribution in [0.4, 0.5) is 11.4 Å². The molecule has 0 aliphatic carbocycles. The van der Waals surface area contributed by atoms with Crippen LogP contribution >= 0.6 is 11.6 Å². The molecule has 0 spiro atoms. The molecule has 0 radical (unpaired) electrons. The Bertz CT molecular complexity index is 1180. The molecule has 3 aromatic rings. The number of rotatable bonds is 8. The predicted octanol–water partition coefficient (Wildman–Crippen LogP) is 5.32. The minimum atomic E-state index is -3.89. The van der Waals surface area contributed by atoms with Gasteiger partial charge < -0.3 is 10.1 Å². The second-order valence-electron chi connectivity index (χ2n) is 7.16. The molecule has 0 heterocycles. The lowest BCUT2D eigenvalue weighted by Gasteiger charge is -2.11. The molecule has 0 aromatic heterocycles. The van der Waals surface area contributed by atoms with E-state index in [1.54, 1.807) is 30.3 Å². The van der Waals surface area contributed by atoms with E-state index in [0.717, 1.165) is 5.56 Å². The number of amides is 1. The zero-order chi connectivity index (χ0) is 22.4. The summed E-state index contributed by atoms with van der Waals surface area (Å²) in [7, 11) is -3.89. The SMILES string of the molecule is CC(C)OCc1cccc(NC(=O)c2cccc(S(=O)(=O)Nc3cccc(Cl)c3)c2)c1. The molecular formula is C23H23ClN2O4S. The summed E-state index contributed by atoms with van der Waals surface area (Å²) in [5, 5.41) is 3.21. The van der Waals surface area contributed by atoms with Crippen molar-refractivity contribution < 1.29 is 17.9 Å². The maximum atomic E-state index is 12.7. The highest BCUT2D eigenvalue weighted by Gasteiger charge is 2.17. The van der Waals surface area contributed by atoms with Crippen LogP contribution in [0.2, 0.25) is 5.02 Å². The van der Waals surface area contributed by atoms with Gasteiger partial charge in [0.25, 0.3) is 15.9 Å². The molecule has 3 aromatic carbocycles. The van der Waals surface area contributed by atoms with Gasteiger partial charge in [-0.3, -0.25) is 9.52 Å². The number of halogens is 1. The number of carbonyl (C=O) groups is 1. The molecule has 0 aliphatic rings. The minimum Gasteiger partial charge on any atom is -0.374 e. The molecule has 0 bridgehead atoms. The lowest BCUT2D eigenvalue weighted by molar-refractivity contribution is 0.0657. The fourth-order valence-electron chi connectivity index (χ4n) is 2.78. The minimum absolute atomic E-state index is 0.0285. The molecule has 162 valence electrons. The summed E-state index contributed by atoms with van der Waals surface area (Å²) in [6.45, 7) is 4.34. The van der Waals surface area contributed by atoms with Gasteiger partial charge in [0.05, 0.1) is 23.3 Å². The van der Waals surface area contributed by atoms with Gasteiger partial charge in [-0.15, -0.1) is 0 Å². The van der Waals surface area contributed by atoms with Crippen LogP contribution in [0.1, 0.15) is 29.8 Å². The van der Waals surface area contributed by atoms with Crippen molar-refractivity contribution in [2.45, 2.75) is 31.5 Å². The third kappa shape index (κ3) is 6.55. The second kappa shape index (κ2) is 9.96. The fourth-order valence-corrected chi connectivity index (χ4v) is 4.06. The molecule has 6 nitrogen and oxygen atoms in total. The number of hydrogen-bond acceptors (Lipinski definition) is 4. The van der Waals surface area contributed by atoms with Crippen molar-refractivity contribution >= 4 is 38.9 Å². The number of carbonyl (C=O) groups excluding carboxylic acids is 1. The summed E-state index contributed by atoms with van der Waals surface area (Å²) >= 11 is 5.91. The number of sulfonamides is 1. The molecule has 31 heavy (non-hydrogen) atoms. The van der Waals surface area contributed by atoms with Crippen LogP contribution in [0.15, 0.2) is 77.7 Å². The van der Waals surface area contributed by atoms with Crippen LogP contribution in [0.25, 0.3) is 0 Å². The van der Waals surface area contributed by atoms with Crippen molar-refractivity contribution in [2.75, 3.05) is 10.0 Å². The number of nitrogens with one attached hydrogen (secondary N) is 2. The van der Waals surface area contributed by atoms with E-state index in [9.17, 15) is 13.2 Å². The zero-order valence-electron chi connectivity index (χ0n) is 17.1. The normalized spacial score (nSPS) is 11.4. The van der Waals surface area contributed by atoms with E-state index >= 15 is 0 Å². The van der Waals surface area contributed by atoms with Crippen molar-refractivity contribution in [2.24, 2.45) is 0 Å². The van der Waals surface area contributed by atoms with Crippen molar-refractivity contribution in [3.63, 3.8) is 0 Å². The average molecular weight is 459 g/mol. The topological polar surface area (TPSA) is 84.5 Å². The Morgan fingerprint density at radius 3 is 2.42 bits per heavy atom. The summed E-state index contributed by atoms with van der Waals surface area (Å²) < 4.78 is 33.5. The van der Waals surface area contributed by atoms with Crippen LogP contribution in [0.5, 0.6) is 0 Å². The highest BCUT2D eigenvalue weighted by Crippen LogP contribution is 2.21. The first kappa shape index (κ1) is 22.8. The van der Waals surface area contributed by atoms with E-state index in [-0.39, 0.29) is 16.6 Å². The van der Waals surface area contributed by atoms with Gasteiger partial charge in [0.1, 0.15) is 0 Å². The van der Waals surface area contributed by atoms with Gasteiger partial charge >= 0.3 is 0 Å². The Kier molecular flexibility index (Phi) is 7.33. The van der Waals surface area contributed by atoms with Crippen LogP contribution in [0.3, 0.4) is 0 Å². The Balaban J connectivity index is 1.75. The summed E-state index contributed by atoms with van der Waals surface area (Å²) in [6.07, 6.45) is 0.100. The summed E-state index contributed by atoms with van der Waals surface area (Å²) in [6, 6.07) is 19.5. The van der Waals surface area contributed by atoms with E-state index in [0.29, 0.717) is 23.0 Å². The highest BCUT2D eigenvalue weighted by molar-refractivity contribution is 7.92. The van der Waals surface area contributed by atoms with Crippen LogP contribution in [-0.2, 0) is 21.4 Å². The summed E-state index contributed by atoms with van der Waals surface area (Å²) in [4.78, 5) is 12.7. The van der Waals surface area contributed by atoms with Gasteiger partial charge in [0.2, 0.25) is 0 Å². The first-order valence-electron chi connectivity index (χ1n) is 9.63. The molecule has 2 N–H and O–H groups in total. The van der Waals surface area contributed by atoms with Crippen molar-refractivity contribution in [1.82, 2.24) is 0 Å². The van der Waals surface area contributed by atoms with Crippen LogP contribution in [-0.4, -0.2) is 20.4 Å². The maximum Gasteiger partial charge on any atom is 0.261 e. The molecule has 0 atom stereocenters. The lowest BCUT2D eigenvalue weighted by Crippen LogP contribution is -2.16. The number of benzene rings is 3. The maximum absolute atomic E-state index is 12.7. The number of anilines is 2. The average Bonchev–Trinajstić information content (AvgIpc) is 2.72. The summed E-state index contributed by atoms with van der Waals surface area (Å²) in [5.74, 6) is -0.415. The molecule has 3 rings (SSSR count). The van der Waals surface area contributed by atoms with Gasteiger partial charge in [-0.2, -0.15) is 0 Å². The van der Waals surface area contributed by atoms with Gasteiger partial charge in [-0.05, 0) is 67.9 Å². The predicted molar refractivity (Wildman–Crippen MR) is 123 cm³/mol. The first-order chi connectivity index (χ1) is 14.7. The van der Waals surface area contributed by atoms with Crippen molar-refractivity contribution in [3.05, 3.63) is 88.9 Å². The van der Waals surface area contributed by atoms with Crippen molar-refractivity contribution in [3.8, 4) is 0 Å². The van der Waals surface area contributed by atoms with E-state index in [1.165, 1.54) is 24.3 Å². The van der Waals surface area contributed by atoms with E-state index < -0.39 is 15.9 Å². The molecule has 0 unspecified atom stereocenters. The van der Waals surface area contributed by atoms with Crippen LogP contribution in [0, 0.1) is 0 Å². The van der Waals surface area contributed by atoms with Crippen molar-refractivity contribution in [1.29, 1.82) is 0 Å². The molecule has 8 heteroatoms. The van der Waals surface area contributed by atoms with Gasteiger partial charge in [0.15, 0.2) is 0 Å². The van der Waals surface area contributed by atoms with Gasteiger partial charge in [-0.25, -0.2) is 8.42 Å². The van der Waals surface area contributed by atoms with E-state index in [4.69, 9.17) is 16.3 Å². The number of ether oxygens (including phenoxy) is 1. The Morgan fingerprint density at radius 2 is 1.68 bits per heavy atom. The smallest absolute Gasteiger partial charge is 0.261 e. The Morgan fingerprint density at radius 1 is 0.968 bits per heavy atom. The Labute approximate surface area is 187 Å². The first-order valence-corrected chi connectivity index (χ1v) is 11.5. The Hall–Kier alpha value is -2.87. The highest BCUT2D eigenvalue weighted by atomic mass is 35.5. The molecule has 0 aliphatic heterocycles. The lowest BCUT2D eigenvalue weighted by atomic mass is 10.2. The second-order valence-corrected chi connectivity index (χ2v) is 9.28. The zero-order valence-corrected chi connectivity index (χ0v) is 18.7. The largest absolute Gasteiger partial charge is 0.374 e. The van der Waals surface area contributed by atoms with Gasteiger partial charge in [0, 0.05) is 16.3 Å².